The van der Waals surface area contributed by atoms with Crippen LogP contribution in [0.3, 0.4) is 0 Å². The number of methoxy groups -OCH3 is 1. The van der Waals surface area contributed by atoms with Crippen molar-refractivity contribution in [1.82, 2.24) is 9.88 Å². The number of carbonyl (C=O) groups is 1. The summed E-state index contributed by atoms with van der Waals surface area (Å²) in [7, 11) is 5.67. The van der Waals surface area contributed by atoms with Crippen LogP contribution in [0.5, 0.6) is 5.75 Å². The van der Waals surface area contributed by atoms with Crippen LogP contribution >= 0.6 is 23.3 Å². The Morgan fingerprint density at radius 2 is 1.76 bits per heavy atom. The van der Waals surface area contributed by atoms with E-state index in [2.05, 4.69) is 38.9 Å². The molecule has 33 heavy (non-hydrogen) atoms. The predicted molar refractivity (Wildman–Crippen MR) is 138 cm³/mol. The number of hydrogen-bond donors (Lipinski definition) is 1. The zero-order valence-corrected chi connectivity index (χ0v) is 20.4. The van der Waals surface area contributed by atoms with Gasteiger partial charge in [-0.1, -0.05) is 12.1 Å². The second-order valence-electron chi connectivity index (χ2n) is 7.78. The number of carbonyl (C=O) groups excluding carboxylic acids is 1. The highest BCUT2D eigenvalue weighted by molar-refractivity contribution is 8.00. The minimum absolute atomic E-state index is 0.726. The maximum absolute atomic E-state index is 11.4. The van der Waals surface area contributed by atoms with Crippen LogP contribution in [-0.4, -0.2) is 37.4 Å². The van der Waals surface area contributed by atoms with Crippen LogP contribution in [0.25, 0.3) is 20.9 Å². The summed E-state index contributed by atoms with van der Waals surface area (Å²) in [6.45, 7) is 0.726. The first-order valence-corrected chi connectivity index (χ1v) is 12.0. The average Bonchev–Trinajstić information content (AvgIpc) is 3.33. The molecule has 0 bridgehead atoms. The number of aldehydes is 1. The minimum Gasteiger partial charge on any atom is -0.497 e. The fourth-order valence-corrected chi connectivity index (χ4v) is 4.99. The molecule has 0 aliphatic rings. The molecule has 5 nitrogen and oxygen atoms in total. The summed E-state index contributed by atoms with van der Waals surface area (Å²) >= 11 is 3.25. The highest BCUT2D eigenvalue weighted by Crippen LogP contribution is 2.36. The Labute approximate surface area is 202 Å². The van der Waals surface area contributed by atoms with Gasteiger partial charge < -0.3 is 14.4 Å². The van der Waals surface area contributed by atoms with E-state index in [9.17, 15) is 4.79 Å². The lowest BCUT2D eigenvalue weighted by Gasteiger charge is -2.12. The van der Waals surface area contributed by atoms with E-state index in [0.29, 0.717) is 0 Å². The molecule has 2 aromatic heterocycles. The Bertz CT molecular complexity index is 1240. The van der Waals surface area contributed by atoms with Gasteiger partial charge in [-0.2, -0.15) is 0 Å². The molecule has 1 N–H and O–H groups in total. The molecule has 4 rings (SSSR count). The van der Waals surface area contributed by atoms with Crippen molar-refractivity contribution in [2.75, 3.05) is 25.9 Å². The van der Waals surface area contributed by atoms with E-state index in [1.165, 1.54) is 11.9 Å². The number of benzene rings is 2. The van der Waals surface area contributed by atoms with Crippen molar-refractivity contribution in [3.05, 3.63) is 84.2 Å². The number of pyridine rings is 1. The molecule has 0 atom stereocenters. The van der Waals surface area contributed by atoms with Gasteiger partial charge in [0.2, 0.25) is 0 Å². The van der Waals surface area contributed by atoms with Crippen LogP contribution in [0.1, 0.15) is 15.9 Å². The van der Waals surface area contributed by atoms with E-state index in [-0.39, 0.29) is 0 Å². The largest absolute Gasteiger partial charge is 0.497 e. The lowest BCUT2D eigenvalue weighted by atomic mass is 10.0. The number of nitrogens with zero attached hydrogens (tertiary/aromatic N) is 2. The van der Waals surface area contributed by atoms with Gasteiger partial charge in [-0.25, -0.2) is 0 Å². The van der Waals surface area contributed by atoms with Gasteiger partial charge in [-0.3, -0.25) is 9.78 Å². The quantitative estimate of drug-likeness (QED) is 0.221. The van der Waals surface area contributed by atoms with Crippen LogP contribution in [0.15, 0.2) is 78.0 Å². The highest BCUT2D eigenvalue weighted by Gasteiger charge is 2.10. The van der Waals surface area contributed by atoms with Crippen molar-refractivity contribution in [1.29, 1.82) is 0 Å². The third kappa shape index (κ3) is 5.82. The van der Waals surface area contributed by atoms with Crippen molar-refractivity contribution in [2.45, 2.75) is 11.4 Å². The summed E-state index contributed by atoms with van der Waals surface area (Å²) in [5.41, 5.74) is 4.88. The fourth-order valence-electron chi connectivity index (χ4n) is 3.39. The molecule has 0 spiro atoms. The van der Waals surface area contributed by atoms with Crippen LogP contribution in [0.4, 0.5) is 5.69 Å². The molecule has 4 aromatic rings. The van der Waals surface area contributed by atoms with Crippen molar-refractivity contribution in [3.63, 3.8) is 0 Å². The van der Waals surface area contributed by atoms with Gasteiger partial charge in [0.25, 0.3) is 0 Å². The first-order chi connectivity index (χ1) is 16.1. The summed E-state index contributed by atoms with van der Waals surface area (Å²) in [5.74, 6) is 0.839. The number of thiophene rings is 1. The SMILES string of the molecule is COc1ccc(SNc2cncc(-c3ccc(-c4ccc(C=O)c(CN(C)C)c4)s3)c2)cc1. The fraction of sp³-hybridized carbons (Fsp3) is 0.154. The standard InChI is InChI=1S/C26H25N3O2S2/c1-29(2)16-21-12-18(4-5-19(21)17-30)25-10-11-26(32-25)20-13-22(15-27-14-20)28-33-24-8-6-23(31-3)7-9-24/h4-15,17,28H,16H2,1-3H3. The molecule has 0 unspecified atom stereocenters. The first-order valence-electron chi connectivity index (χ1n) is 10.4. The first kappa shape index (κ1) is 23.0. The molecular weight excluding hydrogens is 450 g/mol. The molecular formula is C26H25N3O2S2. The maximum atomic E-state index is 11.4. The van der Waals surface area contributed by atoms with Gasteiger partial charge in [-0.05, 0) is 85.7 Å². The Hall–Kier alpha value is -3.13. The second-order valence-corrected chi connectivity index (χ2v) is 9.74. The zero-order valence-electron chi connectivity index (χ0n) is 18.7. The van der Waals surface area contributed by atoms with Crippen LogP contribution in [0, 0.1) is 0 Å². The molecule has 0 fully saturated rings. The molecule has 0 aliphatic carbocycles. The number of nitrogens with one attached hydrogen (secondary N) is 1. The van der Waals surface area contributed by atoms with Gasteiger partial charge in [0, 0.05) is 38.5 Å². The molecule has 2 aromatic carbocycles. The molecule has 0 aliphatic heterocycles. The van der Waals surface area contributed by atoms with Crippen molar-refractivity contribution < 1.29 is 9.53 Å². The number of rotatable bonds is 9. The van der Waals surface area contributed by atoms with Crippen LogP contribution in [0.2, 0.25) is 0 Å². The molecule has 0 saturated carbocycles. The van der Waals surface area contributed by atoms with E-state index >= 15 is 0 Å². The second kappa shape index (κ2) is 10.7. The van der Waals surface area contributed by atoms with E-state index in [1.54, 1.807) is 18.4 Å². The molecule has 168 valence electrons. The van der Waals surface area contributed by atoms with Gasteiger partial charge in [0.05, 0.1) is 19.0 Å². The predicted octanol–water partition coefficient (Wildman–Crippen LogP) is 6.48. The van der Waals surface area contributed by atoms with E-state index in [0.717, 1.165) is 61.2 Å². The van der Waals surface area contributed by atoms with E-state index in [1.807, 2.05) is 62.9 Å². The van der Waals surface area contributed by atoms with Crippen molar-refractivity contribution in [3.8, 4) is 26.6 Å². The number of aromatic nitrogens is 1. The molecule has 0 amide bonds. The summed E-state index contributed by atoms with van der Waals surface area (Å²) in [6.07, 6.45) is 4.63. The lowest BCUT2D eigenvalue weighted by Crippen LogP contribution is -2.12. The lowest BCUT2D eigenvalue weighted by molar-refractivity contribution is 0.112. The monoisotopic (exact) mass is 475 g/mol. The van der Waals surface area contributed by atoms with Crippen LogP contribution in [-0.2, 0) is 6.54 Å². The average molecular weight is 476 g/mol. The topological polar surface area (TPSA) is 54.5 Å². The Morgan fingerprint density at radius 1 is 1.00 bits per heavy atom. The zero-order chi connectivity index (χ0) is 23.2. The molecule has 7 heteroatoms. The van der Waals surface area contributed by atoms with Gasteiger partial charge >= 0.3 is 0 Å². The van der Waals surface area contributed by atoms with Gasteiger partial charge in [-0.15, -0.1) is 11.3 Å². The summed E-state index contributed by atoms with van der Waals surface area (Å²) in [5, 5.41) is 0. The molecule has 2 heterocycles. The number of ether oxygens (including phenoxy) is 1. The van der Waals surface area contributed by atoms with Crippen molar-refractivity contribution >= 4 is 35.3 Å². The molecule has 0 radical (unpaired) electrons. The third-order valence-corrected chi connectivity index (χ3v) is 7.04. The van der Waals surface area contributed by atoms with Crippen LogP contribution < -0.4 is 9.46 Å². The highest BCUT2D eigenvalue weighted by atomic mass is 32.2. The Kier molecular flexibility index (Phi) is 7.44. The minimum atomic E-state index is 0.726. The van der Waals surface area contributed by atoms with Gasteiger partial charge in [0.1, 0.15) is 12.0 Å². The summed E-state index contributed by atoms with van der Waals surface area (Å²) < 4.78 is 8.57. The maximum Gasteiger partial charge on any atom is 0.150 e. The number of hydrogen-bond acceptors (Lipinski definition) is 7. The third-order valence-electron chi connectivity index (χ3n) is 5.02. The number of anilines is 1. The normalized spacial score (nSPS) is 10.9. The van der Waals surface area contributed by atoms with E-state index < -0.39 is 0 Å². The summed E-state index contributed by atoms with van der Waals surface area (Å²) in [6, 6.07) is 20.3. The molecule has 0 saturated heterocycles. The Morgan fingerprint density at radius 3 is 2.45 bits per heavy atom. The smallest absolute Gasteiger partial charge is 0.150 e. The van der Waals surface area contributed by atoms with Gasteiger partial charge in [0.15, 0.2) is 0 Å². The summed E-state index contributed by atoms with van der Waals surface area (Å²) in [4.78, 5) is 21.3. The van der Waals surface area contributed by atoms with E-state index in [4.69, 9.17) is 4.74 Å². The van der Waals surface area contributed by atoms with Crippen molar-refractivity contribution in [2.24, 2.45) is 0 Å². The Balaban J connectivity index is 1.51.